The number of fused-ring (bicyclic) bond motifs is 2. The summed E-state index contributed by atoms with van der Waals surface area (Å²) in [5.41, 5.74) is 8.32. The van der Waals surface area contributed by atoms with E-state index in [9.17, 15) is 64.2 Å². The number of carbonyl (C=O) groups excluding carboxylic acids is 8. The van der Waals surface area contributed by atoms with Crippen LogP contribution in [0.4, 0.5) is 0 Å². The number of amides is 8. The lowest BCUT2D eigenvalue weighted by molar-refractivity contribution is -0.140. The maximum absolute atomic E-state index is 15.5. The molecule has 19 N–H and O–H groups in total. The Bertz CT molecular complexity index is 3840. The van der Waals surface area contributed by atoms with Crippen molar-refractivity contribution in [2.45, 2.75) is 127 Å². The minimum Gasteiger partial charge on any atom is -0.481 e. The van der Waals surface area contributed by atoms with E-state index >= 15 is 19.2 Å². The van der Waals surface area contributed by atoms with Crippen LogP contribution in [0.2, 0.25) is 0 Å². The van der Waals surface area contributed by atoms with Crippen LogP contribution < -0.4 is 48.3 Å². The van der Waals surface area contributed by atoms with Crippen molar-refractivity contribution >= 4 is 120 Å². The summed E-state index contributed by atoms with van der Waals surface area (Å²) in [4.78, 5) is 183. The molecule has 2 saturated heterocycles. The van der Waals surface area contributed by atoms with E-state index in [1.165, 1.54) is 13.8 Å². The van der Waals surface area contributed by atoms with Crippen LogP contribution in [0.25, 0.3) is 21.7 Å². The largest absolute Gasteiger partial charge is 0.481 e. The number of para-hydroxylation sites is 1. The van der Waals surface area contributed by atoms with Crippen molar-refractivity contribution < 1.29 is 103 Å². The minimum atomic E-state index is -1.76. The highest BCUT2D eigenvalue weighted by molar-refractivity contribution is 8.76. The van der Waals surface area contributed by atoms with Crippen LogP contribution in [0.5, 0.6) is 0 Å². The SMILES string of the molecule is CC(=O)O.CC(=O)O.C[C@@H](O)[C@@H]1NC(=O)[C@H](CCCCN)NC(=O)[C@@H](Cc2c[nH]c3ccccc23)NC(=O)[C@H](Cc2cccc3ccccc23)NC(=O)[C@@H](NC(=O)[C@@H](Cc2ccccc2)NC(=O)CN2CCN(CC(=O)O)CCN(CC(=O)O)CCN(CC(=O)O)CC2)CSSC[C@@H](C(=O)N[C@H](CO)[C@@H](C)O)NC1=O. The monoisotopic (exact) mass is 1570 g/mol. The molecule has 10 atom stereocenters. The quantitative estimate of drug-likeness (QED) is 0.0214. The Kier molecular flexibility index (Phi) is 39.0. The molecule has 1 aromatic heterocycles. The Morgan fingerprint density at radius 2 is 1.03 bits per heavy atom. The van der Waals surface area contributed by atoms with E-state index in [0.29, 0.717) is 34.0 Å². The van der Waals surface area contributed by atoms with Crippen LogP contribution in [-0.2, 0) is 81.6 Å². The highest BCUT2D eigenvalue weighted by Crippen LogP contribution is 2.26. The van der Waals surface area contributed by atoms with E-state index in [2.05, 4.69) is 47.5 Å². The van der Waals surface area contributed by atoms with Crippen LogP contribution in [-0.4, -0.2) is 306 Å². The number of hydrogen-bond acceptors (Lipinski definition) is 23. The Hall–Kier alpha value is -9.83. The van der Waals surface area contributed by atoms with E-state index in [1.54, 1.807) is 80.4 Å². The number of aromatic nitrogens is 1. The number of benzene rings is 4. The van der Waals surface area contributed by atoms with Crippen LogP contribution in [0.1, 0.15) is 63.6 Å². The zero-order chi connectivity index (χ0) is 81.0. The van der Waals surface area contributed by atoms with E-state index in [1.807, 2.05) is 42.5 Å². The zero-order valence-corrected chi connectivity index (χ0v) is 63.3. The predicted molar refractivity (Wildman–Crippen MR) is 409 cm³/mol. The highest BCUT2D eigenvalue weighted by atomic mass is 33.1. The van der Waals surface area contributed by atoms with Crippen LogP contribution >= 0.6 is 21.6 Å². The van der Waals surface area contributed by atoms with Gasteiger partial charge in [0.05, 0.1) is 51.0 Å². The van der Waals surface area contributed by atoms with Crippen molar-refractivity contribution in [2.24, 2.45) is 5.73 Å². The van der Waals surface area contributed by atoms with E-state index in [-0.39, 0.29) is 109 Å². The molecule has 3 heterocycles. The fourth-order valence-corrected chi connectivity index (χ4v) is 14.2. The molecular weight excluding hydrogens is 1470 g/mol. The minimum absolute atomic E-state index is 0.0399. The average Bonchev–Trinajstić information content (AvgIpc) is 1.47. The van der Waals surface area contributed by atoms with Crippen molar-refractivity contribution in [2.75, 3.05) is 103 Å². The van der Waals surface area contributed by atoms with Gasteiger partial charge in [0.1, 0.15) is 42.3 Å². The Labute approximate surface area is 643 Å². The van der Waals surface area contributed by atoms with Gasteiger partial charge >= 0.3 is 17.9 Å². The highest BCUT2D eigenvalue weighted by Gasteiger charge is 2.38. The molecule has 0 spiro atoms. The smallest absolute Gasteiger partial charge is 0.317 e. The summed E-state index contributed by atoms with van der Waals surface area (Å²) in [6.07, 6.45) is -1.11. The van der Waals surface area contributed by atoms with Crippen LogP contribution in [0, 0.1) is 0 Å². The molecule has 35 nitrogen and oxygen atoms in total. The number of hydrogen-bond donors (Lipinski definition) is 18. The van der Waals surface area contributed by atoms with Gasteiger partial charge in [-0.3, -0.25) is 81.9 Å². The maximum Gasteiger partial charge on any atom is 0.317 e. The van der Waals surface area contributed by atoms with Gasteiger partial charge in [-0.15, -0.1) is 0 Å². The Balaban J connectivity index is 0.00000258. The van der Waals surface area contributed by atoms with E-state index in [0.717, 1.165) is 46.2 Å². The second kappa shape index (κ2) is 47.3. The first kappa shape index (κ1) is 90.8. The molecule has 0 radical (unpaired) electrons. The number of aliphatic hydroxyl groups is 3. The summed E-state index contributed by atoms with van der Waals surface area (Å²) in [7, 11) is 1.86. The number of nitrogens with zero attached hydrogens (tertiary/aromatic N) is 4. The third-order valence-electron chi connectivity index (χ3n) is 17.5. The van der Waals surface area contributed by atoms with Crippen molar-refractivity contribution in [1.82, 2.24) is 67.1 Å². The number of aromatic amines is 1. The number of aliphatic hydroxyl groups excluding tert-OH is 3. The predicted octanol–water partition coefficient (Wildman–Crippen LogP) is -1.84. The fourth-order valence-electron chi connectivity index (χ4n) is 11.9. The maximum atomic E-state index is 15.5. The third kappa shape index (κ3) is 32.4. The molecule has 4 aromatic carbocycles. The average molecular weight is 1580 g/mol. The molecule has 0 unspecified atom stereocenters. The molecule has 0 aliphatic carbocycles. The van der Waals surface area contributed by atoms with Crippen LogP contribution in [0.3, 0.4) is 0 Å². The molecule has 8 amide bonds. The molecule has 110 heavy (non-hydrogen) atoms. The summed E-state index contributed by atoms with van der Waals surface area (Å²) < 4.78 is 0. The summed E-state index contributed by atoms with van der Waals surface area (Å²) in [6, 6.07) is 16.5. The van der Waals surface area contributed by atoms with Crippen LogP contribution in [0.15, 0.2) is 103 Å². The number of nitrogens with two attached hydrogens (primary N) is 1. The molecule has 7 rings (SSSR count). The normalized spacial score (nSPS) is 20.6. The lowest BCUT2D eigenvalue weighted by atomic mass is 9.97. The number of aliphatic carboxylic acids is 5. The first-order valence-corrected chi connectivity index (χ1v) is 38.2. The van der Waals surface area contributed by atoms with Crippen molar-refractivity contribution in [3.05, 3.63) is 120 Å². The van der Waals surface area contributed by atoms with Gasteiger partial charge in [-0.25, -0.2) is 0 Å². The van der Waals surface area contributed by atoms with Gasteiger partial charge < -0.3 is 94.1 Å². The van der Waals surface area contributed by atoms with Gasteiger partial charge in [-0.2, -0.15) is 0 Å². The second-order valence-electron chi connectivity index (χ2n) is 26.5. The number of rotatable bonds is 26. The first-order valence-electron chi connectivity index (χ1n) is 35.7. The summed E-state index contributed by atoms with van der Waals surface area (Å²) in [5, 5.41) is 100.0. The molecular formula is C73H102N14O21S2. The number of carbonyl (C=O) groups is 13. The molecule has 602 valence electrons. The van der Waals surface area contributed by atoms with Gasteiger partial charge in [0.2, 0.25) is 47.3 Å². The Morgan fingerprint density at radius 1 is 0.545 bits per heavy atom. The van der Waals surface area contributed by atoms with Gasteiger partial charge in [-0.1, -0.05) is 113 Å². The molecule has 2 fully saturated rings. The fraction of sp³-hybridized carbons (Fsp3) is 0.493. The molecule has 2 aliphatic heterocycles. The molecule has 0 saturated carbocycles. The number of carboxylic acid groups (broad SMARTS) is 5. The standard InChI is InChI=1S/C69H94N14O17S2.2C2H4O2/c1-42(85)55(39-84)76-68(99)57-41-102-101-40-56(77-64(95)52(31-44-13-4-3-5-14-44)72-58(87)35-80-23-25-81(36-59(88)89)27-29-83(38-61(92)93)30-28-82(26-24-80)37-60(90)91)67(98)75-53(32-46-17-12-16-45-15-6-7-18-48(45)46)66(97)74-54(33-47-34-71-50-20-9-8-19-49(47)50)65(96)73-51(21-10-11-22-70)63(94)79-62(43(2)86)69(100)78-57;2*1-2(3)4/h3-9,12-20,34,42-43,51-57,62,71,84-86H,10-11,21-33,35-41,70H2,1-2H3,(H,72,87)(H,73,96)(H,74,97)(H,75,98)(H,76,99)(H,77,95)(H,78,100)(H,79,94)(H,88,89)(H,90,91)(H,92,93);2*1H3,(H,3,4)/t42-,43-,51+,52-,53+,54-,55-,56+,57+,62+;;/m1../s1. The third-order valence-corrected chi connectivity index (χ3v) is 20.0. The number of carboxylic acids is 5. The van der Waals surface area contributed by atoms with Crippen molar-refractivity contribution in [1.29, 1.82) is 0 Å². The summed E-state index contributed by atoms with van der Waals surface area (Å²) in [5.74, 6) is -12.9. The molecule has 5 aromatic rings. The van der Waals surface area contributed by atoms with Gasteiger partial charge in [0.15, 0.2) is 0 Å². The molecule has 37 heteroatoms. The zero-order valence-electron chi connectivity index (χ0n) is 61.7. The second-order valence-corrected chi connectivity index (χ2v) is 29.0. The Morgan fingerprint density at radius 3 is 1.56 bits per heavy atom. The number of unbranched alkanes of at least 4 members (excludes halogenated alkanes) is 1. The number of H-pyrrole nitrogens is 1. The summed E-state index contributed by atoms with van der Waals surface area (Å²) in [6.45, 7) is 3.38. The lowest BCUT2D eigenvalue weighted by Crippen LogP contribution is -2.62. The lowest BCUT2D eigenvalue weighted by Gasteiger charge is -2.33. The topological polar surface area (TPSA) is 535 Å². The summed E-state index contributed by atoms with van der Waals surface area (Å²) >= 11 is 0. The van der Waals surface area contributed by atoms with Gasteiger partial charge in [0.25, 0.3) is 11.9 Å². The molecule has 0 bridgehead atoms. The van der Waals surface area contributed by atoms with Gasteiger partial charge in [-0.05, 0) is 73.2 Å². The van der Waals surface area contributed by atoms with Gasteiger partial charge in [0, 0.05) is 114 Å². The number of nitrogens with one attached hydrogen (secondary N) is 9. The first-order chi connectivity index (χ1) is 52.3. The van der Waals surface area contributed by atoms with Crippen molar-refractivity contribution in [3.63, 3.8) is 0 Å². The molecule has 2 aliphatic rings. The van der Waals surface area contributed by atoms with E-state index < -0.39 is 164 Å². The van der Waals surface area contributed by atoms with Crippen molar-refractivity contribution in [3.8, 4) is 0 Å². The van der Waals surface area contributed by atoms with E-state index in [4.69, 9.17) is 25.5 Å².